The Morgan fingerprint density at radius 1 is 1.24 bits per heavy atom. The van der Waals surface area contributed by atoms with Gasteiger partial charge in [0.15, 0.2) is 10.8 Å². The Bertz CT molecular complexity index is 1420. The van der Waals surface area contributed by atoms with E-state index in [0.29, 0.717) is 5.57 Å². The number of nitrogens with one attached hydrogen (secondary N) is 1. The van der Waals surface area contributed by atoms with Crippen molar-refractivity contribution < 1.29 is 38.6 Å². The van der Waals surface area contributed by atoms with Crippen LogP contribution in [-0.2, 0) is 28.6 Å². The normalized spacial score (nSPS) is 19.5. The molecule has 2 aliphatic rings. The number of ether oxygens (including phenoxy) is 3. The number of amides is 2. The fraction of sp³-hybridized carbons (Fsp3) is 0.320. The molecule has 4 heterocycles. The van der Waals surface area contributed by atoms with Crippen LogP contribution in [0.25, 0.3) is 6.08 Å². The lowest BCUT2D eigenvalue weighted by Gasteiger charge is -2.49. The van der Waals surface area contributed by atoms with E-state index in [0.717, 1.165) is 16.9 Å². The van der Waals surface area contributed by atoms with Crippen LogP contribution >= 0.6 is 23.1 Å². The number of nitrogen functional groups attached to an aromatic ring is 1. The Hall–Kier alpha value is -4.44. The first-order valence-corrected chi connectivity index (χ1v) is 14.1. The van der Waals surface area contributed by atoms with Gasteiger partial charge in [-0.2, -0.15) is 0 Å². The number of nitrogens with zero attached hydrogens (tertiary/aromatic N) is 4. The van der Waals surface area contributed by atoms with Crippen LogP contribution in [0.3, 0.4) is 0 Å². The van der Waals surface area contributed by atoms with Crippen molar-refractivity contribution in [3.63, 3.8) is 0 Å². The molecule has 0 aliphatic carbocycles. The summed E-state index contributed by atoms with van der Waals surface area (Å²) in [4.78, 5) is 60.5. The highest BCUT2D eigenvalue weighted by Crippen LogP contribution is 2.41. The predicted octanol–water partition coefficient (Wildman–Crippen LogP) is 2.12. The molecule has 41 heavy (non-hydrogen) atoms. The second kappa shape index (κ2) is 12.8. The number of nitrogens with two attached hydrogens (primary N) is 1. The van der Waals surface area contributed by atoms with Crippen LogP contribution in [0.1, 0.15) is 32.0 Å². The third-order valence-electron chi connectivity index (χ3n) is 5.59. The van der Waals surface area contributed by atoms with Crippen molar-refractivity contribution in [2.45, 2.75) is 44.6 Å². The topological polar surface area (TPSA) is 196 Å². The summed E-state index contributed by atoms with van der Waals surface area (Å²) in [5.74, 6) is -2.09. The van der Waals surface area contributed by atoms with Gasteiger partial charge < -0.3 is 30.5 Å². The Kier molecular flexibility index (Phi) is 9.24. The lowest BCUT2D eigenvalue weighted by molar-refractivity contribution is -0.169. The van der Waals surface area contributed by atoms with Crippen LogP contribution < -0.4 is 11.1 Å². The van der Waals surface area contributed by atoms with E-state index in [1.54, 1.807) is 44.5 Å². The highest BCUT2D eigenvalue weighted by atomic mass is 32.2. The molecule has 0 radical (unpaired) electrons. The summed E-state index contributed by atoms with van der Waals surface area (Å²) in [5, 5.41) is 15.9. The summed E-state index contributed by atoms with van der Waals surface area (Å²) in [6.45, 7) is 4.61. The molecule has 0 bridgehead atoms. The maximum atomic E-state index is 13.3. The fourth-order valence-electron chi connectivity index (χ4n) is 3.84. The summed E-state index contributed by atoms with van der Waals surface area (Å²) >= 11 is 2.35. The van der Waals surface area contributed by atoms with E-state index in [1.807, 2.05) is 6.07 Å². The second-order valence-corrected chi connectivity index (χ2v) is 10.9. The average molecular weight is 603 g/mol. The quantitative estimate of drug-likeness (QED) is 0.0946. The first-order valence-electron chi connectivity index (χ1n) is 12.2. The number of β-lactam (4-membered cyclic amide) rings is 1. The van der Waals surface area contributed by atoms with Gasteiger partial charge in [0.1, 0.15) is 22.8 Å². The number of rotatable bonds is 9. The summed E-state index contributed by atoms with van der Waals surface area (Å²) < 4.78 is 15.2. The number of carbonyl (C=O) groups is 4. The number of oxime groups is 1. The van der Waals surface area contributed by atoms with Crippen molar-refractivity contribution in [3.8, 4) is 0 Å². The predicted molar refractivity (Wildman–Crippen MR) is 148 cm³/mol. The summed E-state index contributed by atoms with van der Waals surface area (Å²) in [5.41, 5.74) is 6.38. The van der Waals surface area contributed by atoms with Crippen molar-refractivity contribution in [2.75, 3.05) is 11.5 Å². The smallest absolute Gasteiger partial charge is 0.431 e. The van der Waals surface area contributed by atoms with E-state index in [-0.39, 0.29) is 22.3 Å². The van der Waals surface area contributed by atoms with E-state index >= 15 is 0 Å². The molecule has 0 spiro atoms. The third-order valence-corrected chi connectivity index (χ3v) is 7.56. The minimum Gasteiger partial charge on any atom is -0.431 e. The SMILES string of the molecule is CC(C)OC(=O)OC(C)OC(=O)C1=C(/C=C\c2cccnc2)CS[C@@H]2[C@H](NC(=O)C(=NO)c3csc(N)n3)C(=O)N12. The largest absolute Gasteiger partial charge is 0.511 e. The standard InChI is InChI=1S/C25H26N6O8S2/c1-12(2)37-25(35)39-13(3)38-23(34)19-15(7-6-14-5-4-8-27-9-14)10-40-22-18(21(33)31(19)22)29-20(32)17(30-36)16-11-41-24(26)28-16/h4-9,11-13,18,22,36H,10H2,1-3H3,(H2,26,28)(H,29,32)/b7-6-,30-17?/t13?,18-,22-/m1/s1. The Balaban J connectivity index is 1.55. The van der Waals surface area contributed by atoms with Gasteiger partial charge in [0.25, 0.3) is 11.8 Å². The molecule has 0 saturated carbocycles. The molecule has 0 aromatic carbocycles. The van der Waals surface area contributed by atoms with Crippen LogP contribution in [0, 0.1) is 0 Å². The second-order valence-electron chi connectivity index (χ2n) is 8.88. The summed E-state index contributed by atoms with van der Waals surface area (Å²) in [7, 11) is 0. The van der Waals surface area contributed by atoms with Gasteiger partial charge in [-0.3, -0.25) is 19.5 Å². The number of esters is 1. The molecule has 16 heteroatoms. The van der Waals surface area contributed by atoms with Gasteiger partial charge >= 0.3 is 12.1 Å². The van der Waals surface area contributed by atoms with Crippen molar-refractivity contribution >= 4 is 64.0 Å². The molecule has 14 nitrogen and oxygen atoms in total. The molecule has 2 amide bonds. The zero-order valence-electron chi connectivity index (χ0n) is 22.0. The molecule has 1 saturated heterocycles. The summed E-state index contributed by atoms with van der Waals surface area (Å²) in [6.07, 6.45) is 3.86. The number of pyridine rings is 1. The van der Waals surface area contributed by atoms with Crippen LogP contribution in [0.2, 0.25) is 0 Å². The van der Waals surface area contributed by atoms with Gasteiger partial charge in [-0.25, -0.2) is 14.6 Å². The number of fused-ring (bicyclic) bond motifs is 1. The highest BCUT2D eigenvalue weighted by molar-refractivity contribution is 8.00. The van der Waals surface area contributed by atoms with Gasteiger partial charge in [0.2, 0.25) is 6.29 Å². The lowest BCUT2D eigenvalue weighted by atomic mass is 10.0. The van der Waals surface area contributed by atoms with Crippen molar-refractivity contribution in [1.82, 2.24) is 20.2 Å². The van der Waals surface area contributed by atoms with E-state index in [9.17, 15) is 24.4 Å². The van der Waals surface area contributed by atoms with Gasteiger partial charge in [0, 0.05) is 30.5 Å². The molecule has 1 unspecified atom stereocenters. The number of hydrogen-bond donors (Lipinski definition) is 3. The number of thiazole rings is 1. The number of allylic oxidation sites excluding steroid dienone is 1. The Morgan fingerprint density at radius 3 is 2.66 bits per heavy atom. The van der Waals surface area contributed by atoms with Gasteiger partial charge in [-0.05, 0) is 31.1 Å². The number of hydrogen-bond acceptors (Lipinski definition) is 14. The zero-order chi connectivity index (χ0) is 29.7. The average Bonchev–Trinajstić information content (AvgIpc) is 3.35. The minimum absolute atomic E-state index is 0.0457. The first kappa shape index (κ1) is 29.5. The van der Waals surface area contributed by atoms with Crippen LogP contribution in [0.4, 0.5) is 9.93 Å². The van der Waals surface area contributed by atoms with Crippen molar-refractivity contribution in [2.24, 2.45) is 5.16 Å². The highest BCUT2D eigenvalue weighted by Gasteiger charge is 2.54. The van der Waals surface area contributed by atoms with Crippen LogP contribution in [0.5, 0.6) is 0 Å². The number of aromatic nitrogens is 2. The lowest BCUT2D eigenvalue weighted by Crippen LogP contribution is -2.71. The number of thioether (sulfide) groups is 1. The Morgan fingerprint density at radius 2 is 2.02 bits per heavy atom. The molecule has 2 aromatic heterocycles. The maximum absolute atomic E-state index is 13.3. The van der Waals surface area contributed by atoms with E-state index < -0.39 is 53.5 Å². The zero-order valence-corrected chi connectivity index (χ0v) is 23.7. The molecule has 2 aliphatic heterocycles. The molecule has 216 valence electrons. The maximum Gasteiger partial charge on any atom is 0.511 e. The Labute approximate surface area is 242 Å². The number of anilines is 1. The third kappa shape index (κ3) is 6.83. The van der Waals surface area contributed by atoms with Crippen LogP contribution in [0.15, 0.2) is 52.4 Å². The molecular weight excluding hydrogens is 576 g/mol. The van der Waals surface area contributed by atoms with Gasteiger partial charge in [-0.15, -0.1) is 23.1 Å². The van der Waals surface area contributed by atoms with Gasteiger partial charge in [0.05, 0.1) is 6.10 Å². The van der Waals surface area contributed by atoms with E-state index in [4.69, 9.17) is 19.9 Å². The van der Waals surface area contributed by atoms with Gasteiger partial charge in [-0.1, -0.05) is 23.4 Å². The molecule has 4 N–H and O–H groups in total. The fourth-order valence-corrected chi connectivity index (χ4v) is 5.70. The molecule has 2 aromatic rings. The molecule has 1 fully saturated rings. The van der Waals surface area contributed by atoms with Crippen LogP contribution in [-0.4, -0.2) is 79.3 Å². The van der Waals surface area contributed by atoms with E-state index in [2.05, 4.69) is 20.4 Å². The molecular formula is C25H26N6O8S2. The monoisotopic (exact) mass is 602 g/mol. The summed E-state index contributed by atoms with van der Waals surface area (Å²) in [6, 6.07) is 2.52. The minimum atomic E-state index is -1.32. The first-order chi connectivity index (χ1) is 19.6. The van der Waals surface area contributed by atoms with Crippen molar-refractivity contribution in [3.05, 3.63) is 58.5 Å². The van der Waals surface area contributed by atoms with Crippen molar-refractivity contribution in [1.29, 1.82) is 0 Å². The van der Waals surface area contributed by atoms with E-state index in [1.165, 1.54) is 29.0 Å². The molecule has 4 rings (SSSR count). The molecule has 3 atom stereocenters. The number of carbonyl (C=O) groups excluding carboxylic acids is 4.